The highest BCUT2D eigenvalue weighted by Gasteiger charge is 1.97. The van der Waals surface area contributed by atoms with Gasteiger partial charge in [0, 0.05) is 0 Å². The van der Waals surface area contributed by atoms with Crippen molar-refractivity contribution in [2.24, 2.45) is 10.8 Å². The van der Waals surface area contributed by atoms with Crippen LogP contribution in [0.2, 0.25) is 0 Å². The molecule has 0 bridgehead atoms. The zero-order valence-electron chi connectivity index (χ0n) is 3.34. The molecule has 3 N–H and O–H groups in total. The van der Waals surface area contributed by atoms with Crippen LogP contribution in [0.3, 0.4) is 0 Å². The average Bonchev–Trinajstić information content (AvgIpc) is 1.65. The van der Waals surface area contributed by atoms with Crippen LogP contribution in [0.15, 0.2) is 5.11 Å². The van der Waals surface area contributed by atoms with Crippen LogP contribution in [0.25, 0.3) is 0 Å². The Morgan fingerprint density at radius 3 is 2.29 bits per heavy atom. The van der Waals surface area contributed by atoms with Crippen molar-refractivity contribution in [1.82, 2.24) is 0 Å². The van der Waals surface area contributed by atoms with Crippen LogP contribution < -0.4 is 5.73 Å². The van der Waals surface area contributed by atoms with E-state index in [1.165, 1.54) is 0 Å². The third-order valence-electron chi connectivity index (χ3n) is 0.312. The van der Waals surface area contributed by atoms with Crippen molar-refractivity contribution < 1.29 is 4.79 Å². The second kappa shape index (κ2) is 2.35. The Kier molecular flexibility index (Phi) is 2.07. The van der Waals surface area contributed by atoms with Crippen molar-refractivity contribution in [2.45, 2.75) is 0 Å². The van der Waals surface area contributed by atoms with E-state index >= 15 is 0 Å². The summed E-state index contributed by atoms with van der Waals surface area (Å²) in [6.45, 7) is 0. The summed E-state index contributed by atoms with van der Waals surface area (Å²) in [4.78, 5) is 9.41. The molecule has 0 saturated carbocycles. The number of hydrogen-bond donors (Lipinski definition) is 2. The Labute approximate surface area is 45.2 Å². The monoisotopic (exact) mass is 117 g/mol. The lowest BCUT2D eigenvalue weighted by Crippen LogP contribution is -2.18. The zero-order chi connectivity index (χ0) is 5.86. The van der Waals surface area contributed by atoms with Crippen molar-refractivity contribution in [3.05, 3.63) is 0 Å². The first-order chi connectivity index (χ1) is 3.18. The molecule has 0 saturated heterocycles. The molecule has 38 valence electrons. The molecule has 7 heavy (non-hydrogen) atoms. The number of nitrogens with two attached hydrogens (primary N) is 1. The van der Waals surface area contributed by atoms with Crippen molar-refractivity contribution in [3.63, 3.8) is 0 Å². The van der Waals surface area contributed by atoms with Gasteiger partial charge in [-0.2, -0.15) is 0 Å². The molecule has 1 amide bonds. The van der Waals surface area contributed by atoms with Crippen LogP contribution in [-0.2, 0) is 4.79 Å². The molecule has 0 aromatic carbocycles. The fourth-order valence-corrected chi connectivity index (χ4v) is 0.0551. The molecule has 0 atom stereocenters. The lowest BCUT2D eigenvalue weighted by Gasteiger charge is -1.79. The van der Waals surface area contributed by atoms with Gasteiger partial charge in [0.2, 0.25) is 4.99 Å². The van der Waals surface area contributed by atoms with Gasteiger partial charge >= 0.3 is 0 Å². The predicted molar refractivity (Wildman–Crippen MR) is 26.9 cm³/mol. The lowest BCUT2D eigenvalue weighted by molar-refractivity contribution is -0.111. The molecule has 0 aromatic rings. The van der Waals surface area contributed by atoms with Crippen LogP contribution in [0.1, 0.15) is 0 Å². The first kappa shape index (κ1) is 6.16. The molecule has 0 aromatic heterocycles. The molecule has 0 aliphatic heterocycles. The number of primary amides is 1. The Morgan fingerprint density at radius 2 is 2.29 bits per heavy atom. The maximum absolute atomic E-state index is 9.80. The van der Waals surface area contributed by atoms with Crippen LogP contribution in [0.5, 0.6) is 0 Å². The third kappa shape index (κ3) is 1.94. The van der Waals surface area contributed by atoms with Gasteiger partial charge in [-0.15, -0.1) is 5.11 Å². The fourth-order valence-electron chi connectivity index (χ4n) is 0.0551. The topological polar surface area (TPSA) is 79.3 Å². The Morgan fingerprint density at radius 1 is 1.86 bits per heavy atom. The average molecular weight is 117 g/mol. The number of nitrogens with one attached hydrogen (secondary N) is 1. The highest BCUT2D eigenvalue weighted by atomic mass is 32.1. The fraction of sp³-hybridized carbons (Fsp3) is 0. The van der Waals surface area contributed by atoms with E-state index in [1.54, 1.807) is 0 Å². The maximum Gasteiger partial charge on any atom is 0.280 e. The molecule has 0 fully saturated rings. The number of rotatable bonds is 0. The summed E-state index contributed by atoms with van der Waals surface area (Å²) in [5.41, 5.74) is 10.7. The van der Waals surface area contributed by atoms with Gasteiger partial charge in [0.15, 0.2) is 0 Å². The molecule has 0 radical (unpaired) electrons. The van der Waals surface area contributed by atoms with Gasteiger partial charge in [0.05, 0.1) is 0 Å². The Balaban J connectivity index is 3.81. The van der Waals surface area contributed by atoms with E-state index in [9.17, 15) is 4.79 Å². The molecule has 0 aliphatic carbocycles. The summed E-state index contributed by atoms with van der Waals surface area (Å²) in [7, 11) is 0. The van der Waals surface area contributed by atoms with Crippen LogP contribution in [0, 0.1) is 5.53 Å². The SMILES string of the molecule is N=NC(=S)C(N)=O. The van der Waals surface area contributed by atoms with E-state index in [-0.39, 0.29) is 4.99 Å². The van der Waals surface area contributed by atoms with Crippen LogP contribution >= 0.6 is 12.2 Å². The van der Waals surface area contributed by atoms with Gasteiger partial charge in [-0.3, -0.25) is 4.79 Å². The standard InChI is InChI=1S/C2H3N3OS/c3-1(6)2(7)5-4/h4H,(H2,3,6). The van der Waals surface area contributed by atoms with E-state index in [2.05, 4.69) is 23.1 Å². The largest absolute Gasteiger partial charge is 0.363 e. The molecule has 5 heteroatoms. The Hall–Kier alpha value is -0.840. The number of amides is 1. The maximum atomic E-state index is 9.80. The minimum absolute atomic E-state index is 0.389. The third-order valence-corrected chi connectivity index (χ3v) is 0.605. The van der Waals surface area contributed by atoms with E-state index in [1.807, 2.05) is 0 Å². The summed E-state index contributed by atoms with van der Waals surface area (Å²) < 4.78 is 0. The van der Waals surface area contributed by atoms with Gasteiger partial charge in [-0.05, 0) is 0 Å². The molecule has 0 aliphatic rings. The van der Waals surface area contributed by atoms with Gasteiger partial charge < -0.3 is 5.73 Å². The number of carbonyl (C=O) groups is 1. The first-order valence-electron chi connectivity index (χ1n) is 1.39. The van der Waals surface area contributed by atoms with E-state index in [0.717, 1.165) is 0 Å². The quantitative estimate of drug-likeness (QED) is 0.341. The summed E-state index contributed by atoms with van der Waals surface area (Å²) in [6, 6.07) is 0. The van der Waals surface area contributed by atoms with E-state index < -0.39 is 5.91 Å². The van der Waals surface area contributed by atoms with Gasteiger partial charge in [0.25, 0.3) is 5.91 Å². The molecule has 0 spiro atoms. The van der Waals surface area contributed by atoms with Crippen LogP contribution in [-0.4, -0.2) is 10.9 Å². The van der Waals surface area contributed by atoms with Gasteiger partial charge in [-0.1, -0.05) is 12.2 Å². The van der Waals surface area contributed by atoms with Gasteiger partial charge in [-0.25, -0.2) is 5.53 Å². The van der Waals surface area contributed by atoms with Crippen molar-refractivity contribution in [2.75, 3.05) is 0 Å². The molecular formula is C2H3N3OS. The number of carbonyl (C=O) groups excluding carboxylic acids is 1. The molecule has 0 unspecified atom stereocenters. The minimum atomic E-state index is -0.829. The highest BCUT2D eigenvalue weighted by Crippen LogP contribution is 1.73. The zero-order valence-corrected chi connectivity index (χ0v) is 4.16. The molecular weight excluding hydrogens is 114 g/mol. The van der Waals surface area contributed by atoms with Crippen molar-refractivity contribution >= 4 is 23.1 Å². The number of nitrogens with zero attached hydrogens (tertiary/aromatic N) is 1. The van der Waals surface area contributed by atoms with Gasteiger partial charge in [0.1, 0.15) is 0 Å². The highest BCUT2D eigenvalue weighted by molar-refractivity contribution is 7.82. The van der Waals surface area contributed by atoms with E-state index in [0.29, 0.717) is 0 Å². The van der Waals surface area contributed by atoms with Crippen LogP contribution in [0.4, 0.5) is 0 Å². The summed E-state index contributed by atoms with van der Waals surface area (Å²) in [5.74, 6) is -0.829. The first-order valence-corrected chi connectivity index (χ1v) is 1.80. The second-order valence-corrected chi connectivity index (χ2v) is 1.17. The van der Waals surface area contributed by atoms with Crippen molar-refractivity contribution in [1.29, 1.82) is 5.53 Å². The normalized spacial score (nSPS) is 7.43. The summed E-state index contributed by atoms with van der Waals surface area (Å²) >= 11 is 4.15. The second-order valence-electron chi connectivity index (χ2n) is 0.781. The number of thiocarbonyl (C=S) groups is 1. The minimum Gasteiger partial charge on any atom is -0.363 e. The van der Waals surface area contributed by atoms with Crippen molar-refractivity contribution in [3.8, 4) is 0 Å². The lowest BCUT2D eigenvalue weighted by atomic mass is 10.6. The predicted octanol–water partition coefficient (Wildman–Crippen LogP) is -0.170. The van der Waals surface area contributed by atoms with E-state index in [4.69, 9.17) is 5.53 Å². The number of hydrogen-bond acceptors (Lipinski definition) is 3. The summed E-state index contributed by atoms with van der Waals surface area (Å²) in [6.07, 6.45) is 0. The molecule has 0 rings (SSSR count). The molecule has 4 nitrogen and oxygen atoms in total. The Bertz CT molecular complexity index is 120. The molecule has 0 heterocycles. The summed E-state index contributed by atoms with van der Waals surface area (Å²) in [5, 5.41) is 2.59. The smallest absolute Gasteiger partial charge is 0.280 e.